The van der Waals surface area contributed by atoms with Crippen molar-refractivity contribution in [2.45, 2.75) is 40.2 Å². The Morgan fingerprint density at radius 2 is 1.81 bits per heavy atom. The zero-order valence-electron chi connectivity index (χ0n) is 16.4. The monoisotopic (exact) mass is 357 g/mol. The fraction of sp³-hybridized carbons (Fsp3) is 0.524. The molecule has 1 atom stereocenters. The zero-order chi connectivity index (χ0) is 19.3. The van der Waals surface area contributed by atoms with Crippen molar-refractivity contribution in [1.82, 2.24) is 15.1 Å². The number of nitrogens with one attached hydrogen (secondary N) is 1. The molecule has 0 saturated carbocycles. The van der Waals surface area contributed by atoms with E-state index in [0.29, 0.717) is 29.8 Å². The van der Waals surface area contributed by atoms with Crippen molar-refractivity contribution in [1.29, 1.82) is 0 Å². The second kappa shape index (κ2) is 8.99. The molecule has 1 heterocycles. The van der Waals surface area contributed by atoms with E-state index < -0.39 is 0 Å². The molecule has 26 heavy (non-hydrogen) atoms. The number of nitrogens with zero attached hydrogens (tertiary/aromatic N) is 2. The van der Waals surface area contributed by atoms with Crippen LogP contribution in [0, 0.1) is 5.92 Å². The molecule has 1 aliphatic heterocycles. The van der Waals surface area contributed by atoms with Gasteiger partial charge in [-0.1, -0.05) is 52.5 Å². The van der Waals surface area contributed by atoms with Gasteiger partial charge in [0, 0.05) is 29.4 Å². The van der Waals surface area contributed by atoms with Gasteiger partial charge in [0.05, 0.1) is 0 Å². The number of carbonyl (C=O) groups excluding carboxylic acids is 2. The van der Waals surface area contributed by atoms with Crippen LogP contribution in [0.15, 0.2) is 30.8 Å². The van der Waals surface area contributed by atoms with Crippen LogP contribution in [0.5, 0.6) is 0 Å². The van der Waals surface area contributed by atoms with Crippen molar-refractivity contribution >= 4 is 17.5 Å². The second-order valence-corrected chi connectivity index (χ2v) is 7.19. The number of hydrogen-bond acceptors (Lipinski definition) is 3. The first-order chi connectivity index (χ1) is 12.4. The first-order valence-electron chi connectivity index (χ1n) is 9.49. The normalized spacial score (nSPS) is 14.9. The summed E-state index contributed by atoms with van der Waals surface area (Å²) in [5.74, 6) is 0.267. The average Bonchev–Trinajstić information content (AvgIpc) is 2.85. The molecule has 0 fully saturated rings. The summed E-state index contributed by atoms with van der Waals surface area (Å²) in [4.78, 5) is 28.8. The van der Waals surface area contributed by atoms with Crippen LogP contribution in [0.3, 0.4) is 0 Å². The number of likely N-dealkylation sites (N-methyl/N-ethyl adjacent to an activating group) is 1. The van der Waals surface area contributed by atoms with Gasteiger partial charge in [-0.3, -0.25) is 19.4 Å². The largest absolute Gasteiger partial charge is 0.353 e. The average molecular weight is 357 g/mol. The van der Waals surface area contributed by atoms with E-state index in [9.17, 15) is 9.59 Å². The molecular weight excluding hydrogens is 326 g/mol. The first kappa shape index (κ1) is 20.2. The zero-order valence-corrected chi connectivity index (χ0v) is 16.4. The highest BCUT2D eigenvalue weighted by Gasteiger charge is 2.32. The SMILES string of the molecule is C=C1c2ccccc2C(=O)N1CC(=O)NCC(CC(C)C)N(CC)CC. The Balaban J connectivity index is 1.96. The molecule has 0 aliphatic carbocycles. The van der Waals surface area contributed by atoms with Gasteiger partial charge in [-0.15, -0.1) is 0 Å². The summed E-state index contributed by atoms with van der Waals surface area (Å²) in [6.07, 6.45) is 1.03. The van der Waals surface area contributed by atoms with Gasteiger partial charge in [-0.2, -0.15) is 0 Å². The van der Waals surface area contributed by atoms with Gasteiger partial charge in [-0.05, 0) is 31.5 Å². The van der Waals surface area contributed by atoms with E-state index in [1.807, 2.05) is 18.2 Å². The van der Waals surface area contributed by atoms with Crippen LogP contribution in [-0.4, -0.2) is 53.8 Å². The van der Waals surface area contributed by atoms with E-state index in [2.05, 4.69) is 44.5 Å². The van der Waals surface area contributed by atoms with E-state index in [1.54, 1.807) is 6.07 Å². The summed E-state index contributed by atoms with van der Waals surface area (Å²) in [6, 6.07) is 7.66. The van der Waals surface area contributed by atoms with Crippen LogP contribution in [-0.2, 0) is 4.79 Å². The minimum atomic E-state index is -0.150. The maximum atomic E-state index is 12.5. The molecule has 2 rings (SSSR count). The molecule has 0 bridgehead atoms. The topological polar surface area (TPSA) is 52.7 Å². The second-order valence-electron chi connectivity index (χ2n) is 7.19. The summed E-state index contributed by atoms with van der Waals surface area (Å²) < 4.78 is 0. The fourth-order valence-corrected chi connectivity index (χ4v) is 3.58. The van der Waals surface area contributed by atoms with Crippen molar-refractivity contribution in [3.05, 3.63) is 42.0 Å². The van der Waals surface area contributed by atoms with E-state index >= 15 is 0 Å². The Morgan fingerprint density at radius 1 is 1.19 bits per heavy atom. The molecule has 0 saturated heterocycles. The number of rotatable bonds is 9. The van der Waals surface area contributed by atoms with E-state index in [4.69, 9.17) is 0 Å². The molecule has 2 amide bonds. The molecule has 0 aromatic heterocycles. The summed E-state index contributed by atoms with van der Waals surface area (Å²) in [6.45, 7) is 15.2. The van der Waals surface area contributed by atoms with Crippen molar-refractivity contribution < 1.29 is 9.59 Å². The van der Waals surface area contributed by atoms with Gasteiger partial charge < -0.3 is 5.32 Å². The number of benzene rings is 1. The van der Waals surface area contributed by atoms with Crippen molar-refractivity contribution in [2.75, 3.05) is 26.2 Å². The number of amides is 2. The molecule has 5 heteroatoms. The quantitative estimate of drug-likeness (QED) is 0.739. The number of carbonyl (C=O) groups is 2. The molecule has 1 aliphatic rings. The minimum Gasteiger partial charge on any atom is -0.353 e. The van der Waals surface area contributed by atoms with Crippen LogP contribution in [0.25, 0.3) is 5.70 Å². The standard InChI is InChI=1S/C21H31N3O2/c1-6-23(7-2)17(12-15(3)4)13-22-20(25)14-24-16(5)18-10-8-9-11-19(18)21(24)26/h8-11,15,17H,5-7,12-14H2,1-4H3,(H,22,25). The number of hydrogen-bond donors (Lipinski definition) is 1. The Labute approximate surface area is 157 Å². The van der Waals surface area contributed by atoms with E-state index in [1.165, 1.54) is 4.90 Å². The summed E-state index contributed by atoms with van der Waals surface area (Å²) in [5, 5.41) is 3.02. The lowest BCUT2D eigenvalue weighted by Gasteiger charge is -2.31. The molecule has 1 aromatic rings. The van der Waals surface area contributed by atoms with Gasteiger partial charge in [0.1, 0.15) is 6.54 Å². The van der Waals surface area contributed by atoms with Crippen LogP contribution < -0.4 is 5.32 Å². The van der Waals surface area contributed by atoms with Gasteiger partial charge in [0.2, 0.25) is 5.91 Å². The van der Waals surface area contributed by atoms with Gasteiger partial charge in [0.15, 0.2) is 0 Å². The lowest BCUT2D eigenvalue weighted by molar-refractivity contribution is -0.121. The molecule has 142 valence electrons. The molecular formula is C21H31N3O2. The Hall–Kier alpha value is -2.14. The molecule has 0 spiro atoms. The summed E-state index contributed by atoms with van der Waals surface area (Å²) in [7, 11) is 0. The molecule has 1 unspecified atom stereocenters. The Bertz CT molecular complexity index is 630. The predicted octanol–water partition coefficient (Wildman–Crippen LogP) is 2.99. The maximum absolute atomic E-state index is 12.5. The van der Waals surface area contributed by atoms with Crippen molar-refractivity contribution in [2.24, 2.45) is 5.92 Å². The summed E-state index contributed by atoms with van der Waals surface area (Å²) in [5.41, 5.74) is 2.03. The van der Waals surface area contributed by atoms with Crippen molar-refractivity contribution in [3.8, 4) is 0 Å². The highest BCUT2D eigenvalue weighted by Crippen LogP contribution is 2.30. The lowest BCUT2D eigenvalue weighted by Crippen LogP contribution is -2.46. The van der Waals surface area contributed by atoms with Crippen LogP contribution in [0.4, 0.5) is 0 Å². The molecule has 1 N–H and O–H groups in total. The Morgan fingerprint density at radius 3 is 2.35 bits per heavy atom. The predicted molar refractivity (Wildman–Crippen MR) is 106 cm³/mol. The smallest absolute Gasteiger partial charge is 0.259 e. The third-order valence-electron chi connectivity index (χ3n) is 4.95. The van der Waals surface area contributed by atoms with Crippen molar-refractivity contribution in [3.63, 3.8) is 0 Å². The highest BCUT2D eigenvalue weighted by molar-refractivity contribution is 6.10. The lowest BCUT2D eigenvalue weighted by atomic mass is 10.0. The fourth-order valence-electron chi connectivity index (χ4n) is 3.58. The van der Waals surface area contributed by atoms with Gasteiger partial charge >= 0.3 is 0 Å². The minimum absolute atomic E-state index is 0.0129. The molecule has 0 radical (unpaired) electrons. The van der Waals surface area contributed by atoms with E-state index in [0.717, 1.165) is 25.1 Å². The molecule has 1 aromatic carbocycles. The molecule has 5 nitrogen and oxygen atoms in total. The van der Waals surface area contributed by atoms with Crippen LogP contribution in [0.2, 0.25) is 0 Å². The third kappa shape index (κ3) is 4.52. The summed E-state index contributed by atoms with van der Waals surface area (Å²) >= 11 is 0. The van der Waals surface area contributed by atoms with Gasteiger partial charge in [-0.25, -0.2) is 0 Å². The van der Waals surface area contributed by atoms with Crippen LogP contribution in [0.1, 0.15) is 50.0 Å². The first-order valence-corrected chi connectivity index (χ1v) is 9.49. The Kier molecular flexibility index (Phi) is 6.98. The van der Waals surface area contributed by atoms with Gasteiger partial charge in [0.25, 0.3) is 5.91 Å². The third-order valence-corrected chi connectivity index (χ3v) is 4.95. The number of fused-ring (bicyclic) bond motifs is 1. The van der Waals surface area contributed by atoms with E-state index in [-0.39, 0.29) is 18.4 Å². The maximum Gasteiger partial charge on any atom is 0.259 e. The highest BCUT2D eigenvalue weighted by atomic mass is 16.2. The van der Waals surface area contributed by atoms with Crippen LogP contribution >= 0.6 is 0 Å².